The molecule has 0 unspecified atom stereocenters. The van der Waals surface area contributed by atoms with E-state index in [1.807, 2.05) is 0 Å². The van der Waals surface area contributed by atoms with Crippen molar-refractivity contribution >= 4 is 33.1 Å². The number of hydrogen-bond acceptors (Lipinski definition) is 9. The van der Waals surface area contributed by atoms with E-state index >= 15 is 0 Å². The van der Waals surface area contributed by atoms with E-state index in [1.54, 1.807) is 31.3 Å². The van der Waals surface area contributed by atoms with Crippen LogP contribution in [0.3, 0.4) is 0 Å². The molecule has 1 aliphatic heterocycles. The lowest BCUT2D eigenvalue weighted by atomic mass is 10.1. The fourth-order valence-electron chi connectivity index (χ4n) is 3.05. The second-order valence-electron chi connectivity index (χ2n) is 6.95. The summed E-state index contributed by atoms with van der Waals surface area (Å²) in [5, 5.41) is 5.70. The molecule has 10 nitrogen and oxygen atoms in total. The van der Waals surface area contributed by atoms with Crippen LogP contribution in [0.4, 0.5) is 17.3 Å². The summed E-state index contributed by atoms with van der Waals surface area (Å²) < 4.78 is 35.0. The molecule has 0 bridgehead atoms. The van der Waals surface area contributed by atoms with Crippen LogP contribution in [-0.4, -0.2) is 42.3 Å². The Hall–Kier alpha value is -3.73. The molecule has 2 N–H and O–H groups in total. The van der Waals surface area contributed by atoms with Crippen LogP contribution in [0, 0.1) is 6.92 Å². The molecule has 3 aromatic heterocycles. The van der Waals surface area contributed by atoms with Crippen molar-refractivity contribution in [3.63, 3.8) is 0 Å². The third kappa shape index (κ3) is 4.40. The van der Waals surface area contributed by atoms with E-state index in [0.717, 1.165) is 6.26 Å². The summed E-state index contributed by atoms with van der Waals surface area (Å²) in [6, 6.07) is 6.50. The summed E-state index contributed by atoms with van der Waals surface area (Å²) >= 11 is 0. The zero-order valence-electron chi connectivity index (χ0n) is 17.0. The molecule has 31 heavy (non-hydrogen) atoms. The third-order valence-corrected chi connectivity index (χ3v) is 5.31. The van der Waals surface area contributed by atoms with Crippen LogP contribution in [0.15, 0.2) is 41.7 Å². The maximum atomic E-state index is 12.0. The van der Waals surface area contributed by atoms with Crippen LogP contribution in [0.25, 0.3) is 11.3 Å². The molecule has 1 amide bonds. The number of sulfone groups is 1. The van der Waals surface area contributed by atoms with Gasteiger partial charge in [0.1, 0.15) is 17.3 Å². The largest absolute Gasteiger partial charge is 0.453 e. The highest BCUT2D eigenvalue weighted by atomic mass is 32.2. The average molecular weight is 441 g/mol. The van der Waals surface area contributed by atoms with Crippen molar-refractivity contribution in [2.24, 2.45) is 0 Å². The Labute approximate surface area is 178 Å². The quantitative estimate of drug-likeness (QED) is 0.613. The number of ether oxygens (including phenoxy) is 2. The van der Waals surface area contributed by atoms with Crippen molar-refractivity contribution in [3.8, 4) is 22.8 Å². The van der Waals surface area contributed by atoms with Crippen molar-refractivity contribution in [2.45, 2.75) is 18.9 Å². The molecule has 0 aromatic carbocycles. The summed E-state index contributed by atoms with van der Waals surface area (Å²) in [4.78, 5) is 24.4. The van der Waals surface area contributed by atoms with Gasteiger partial charge in [0.25, 0.3) is 0 Å². The molecule has 4 rings (SSSR count). The molecule has 160 valence electrons. The third-order valence-electron chi connectivity index (χ3n) is 4.34. The first-order valence-electron chi connectivity index (χ1n) is 9.19. The first-order chi connectivity index (χ1) is 14.7. The molecular formula is C20H19N5O5S. The number of anilines is 3. The minimum absolute atomic E-state index is 0.0526. The van der Waals surface area contributed by atoms with E-state index in [0.29, 0.717) is 45.6 Å². The molecular weight excluding hydrogens is 422 g/mol. The maximum Gasteiger partial charge on any atom is 0.231 e. The van der Waals surface area contributed by atoms with E-state index in [-0.39, 0.29) is 17.7 Å². The smallest absolute Gasteiger partial charge is 0.231 e. The number of hydrogen-bond donors (Lipinski definition) is 2. The van der Waals surface area contributed by atoms with Gasteiger partial charge < -0.3 is 20.1 Å². The van der Waals surface area contributed by atoms with Gasteiger partial charge in [-0.05, 0) is 24.6 Å². The molecule has 4 heterocycles. The topological polar surface area (TPSA) is 132 Å². The fourth-order valence-corrected chi connectivity index (χ4v) is 3.72. The van der Waals surface area contributed by atoms with E-state index in [4.69, 9.17) is 9.47 Å². The van der Waals surface area contributed by atoms with E-state index in [1.165, 1.54) is 19.2 Å². The number of aryl methyl sites for hydroxylation is 1. The highest BCUT2D eigenvalue weighted by molar-refractivity contribution is 7.90. The van der Waals surface area contributed by atoms with Gasteiger partial charge in [-0.2, -0.15) is 0 Å². The van der Waals surface area contributed by atoms with Crippen LogP contribution < -0.4 is 20.1 Å². The van der Waals surface area contributed by atoms with Crippen molar-refractivity contribution < 1.29 is 22.7 Å². The second kappa shape index (κ2) is 7.84. The number of nitrogens with zero attached hydrogens (tertiary/aromatic N) is 3. The zero-order valence-corrected chi connectivity index (χ0v) is 17.8. The number of carbonyl (C=O) groups excluding carboxylic acids is 1. The predicted octanol–water partition coefficient (Wildman–Crippen LogP) is 2.68. The lowest BCUT2D eigenvalue weighted by Crippen LogP contribution is -2.09. The molecule has 0 saturated heterocycles. The number of aromatic nitrogens is 3. The fraction of sp³-hybridized carbons (Fsp3) is 0.200. The first kappa shape index (κ1) is 20.5. The number of rotatable bonds is 5. The van der Waals surface area contributed by atoms with Gasteiger partial charge in [0.2, 0.25) is 12.7 Å². The van der Waals surface area contributed by atoms with Gasteiger partial charge in [-0.1, -0.05) is 0 Å². The van der Waals surface area contributed by atoms with Gasteiger partial charge in [-0.15, -0.1) is 0 Å². The molecule has 0 fully saturated rings. The molecule has 0 atom stereocenters. The Kier molecular flexibility index (Phi) is 5.19. The Morgan fingerprint density at radius 3 is 2.68 bits per heavy atom. The van der Waals surface area contributed by atoms with Gasteiger partial charge in [0.05, 0.1) is 5.69 Å². The Morgan fingerprint density at radius 1 is 1.13 bits per heavy atom. The summed E-state index contributed by atoms with van der Waals surface area (Å²) in [6.45, 7) is 3.22. The molecule has 11 heteroatoms. The monoisotopic (exact) mass is 441 g/mol. The van der Waals surface area contributed by atoms with Crippen LogP contribution >= 0.6 is 0 Å². The van der Waals surface area contributed by atoms with Gasteiger partial charge in [-0.3, -0.25) is 9.78 Å². The molecule has 0 saturated carbocycles. The molecule has 3 aromatic rings. The zero-order chi connectivity index (χ0) is 22.2. The molecule has 1 aliphatic rings. The molecule has 0 spiro atoms. The number of nitrogens with one attached hydrogen (secondary N) is 2. The summed E-state index contributed by atoms with van der Waals surface area (Å²) in [6.07, 6.45) is 4.21. The minimum atomic E-state index is -3.50. The van der Waals surface area contributed by atoms with Crippen LogP contribution in [-0.2, 0) is 14.6 Å². The standard InChI is InChI=1S/C20H19N5O5S/c1-11-6-17(25-18(7-11)31(3,27)28)24-14-8-16(23-12(2)26)22-9-13(14)19-20-15(4-5-21-19)29-10-30-20/h4-9H,10H2,1-3H3,(H2,22,23,24,25,26). The van der Waals surface area contributed by atoms with Gasteiger partial charge in [0, 0.05) is 43.3 Å². The maximum absolute atomic E-state index is 12.0. The SMILES string of the molecule is CC(=O)Nc1cc(Nc2cc(C)cc(S(C)(=O)=O)n2)c(-c2nccc3c2OCO3)cn1. The molecule has 0 aliphatic carbocycles. The lowest BCUT2D eigenvalue weighted by molar-refractivity contribution is -0.114. The Balaban J connectivity index is 1.84. The summed E-state index contributed by atoms with van der Waals surface area (Å²) in [7, 11) is -3.50. The number of amides is 1. The van der Waals surface area contributed by atoms with E-state index in [2.05, 4.69) is 25.6 Å². The first-order valence-corrected chi connectivity index (χ1v) is 11.1. The van der Waals surface area contributed by atoms with Crippen molar-refractivity contribution in [3.05, 3.63) is 42.2 Å². The van der Waals surface area contributed by atoms with Gasteiger partial charge in [-0.25, -0.2) is 18.4 Å². The Bertz CT molecular complexity index is 1290. The van der Waals surface area contributed by atoms with Crippen LogP contribution in [0.2, 0.25) is 0 Å². The molecule has 0 radical (unpaired) electrons. The highest BCUT2D eigenvalue weighted by Gasteiger charge is 2.23. The number of carbonyl (C=O) groups is 1. The van der Waals surface area contributed by atoms with E-state index in [9.17, 15) is 13.2 Å². The number of pyridine rings is 3. The second-order valence-corrected chi connectivity index (χ2v) is 8.92. The number of fused-ring (bicyclic) bond motifs is 1. The van der Waals surface area contributed by atoms with Crippen molar-refractivity contribution in [2.75, 3.05) is 23.7 Å². The van der Waals surface area contributed by atoms with Crippen LogP contribution in [0.5, 0.6) is 11.5 Å². The highest BCUT2D eigenvalue weighted by Crippen LogP contribution is 2.42. The van der Waals surface area contributed by atoms with Crippen LogP contribution in [0.1, 0.15) is 12.5 Å². The van der Waals surface area contributed by atoms with Crippen molar-refractivity contribution in [1.29, 1.82) is 0 Å². The lowest BCUT2D eigenvalue weighted by Gasteiger charge is -2.15. The minimum Gasteiger partial charge on any atom is -0.453 e. The summed E-state index contributed by atoms with van der Waals surface area (Å²) in [5.74, 6) is 1.35. The van der Waals surface area contributed by atoms with Crippen molar-refractivity contribution in [1.82, 2.24) is 15.0 Å². The average Bonchev–Trinajstić information content (AvgIpc) is 3.16. The van der Waals surface area contributed by atoms with Gasteiger partial charge in [0.15, 0.2) is 26.4 Å². The Morgan fingerprint density at radius 2 is 1.94 bits per heavy atom. The predicted molar refractivity (Wildman–Crippen MR) is 113 cm³/mol. The van der Waals surface area contributed by atoms with Gasteiger partial charge >= 0.3 is 0 Å². The van der Waals surface area contributed by atoms with E-state index < -0.39 is 9.84 Å². The normalized spacial score (nSPS) is 12.5. The summed E-state index contributed by atoms with van der Waals surface area (Å²) in [5.41, 5.74) is 2.25.